The van der Waals surface area contributed by atoms with E-state index in [-0.39, 0.29) is 23.5 Å². The van der Waals surface area contributed by atoms with Crippen molar-refractivity contribution in [2.45, 2.75) is 25.7 Å². The molecule has 2 aliphatic rings. The quantitative estimate of drug-likeness (QED) is 0.776. The normalized spacial score (nSPS) is 17.6. The summed E-state index contributed by atoms with van der Waals surface area (Å²) in [6.45, 7) is 4.77. The Morgan fingerprint density at radius 1 is 0.812 bits per heavy atom. The lowest BCUT2D eigenvalue weighted by molar-refractivity contribution is -0.132. The van der Waals surface area contributed by atoms with Gasteiger partial charge >= 0.3 is 0 Å². The summed E-state index contributed by atoms with van der Waals surface area (Å²) >= 11 is 0. The SMILES string of the molecule is O=C(Nc1ccc(C(=O)N2CCN(CC(=O)N3CCCCCC3)CC2)cc1)c1ccco1. The van der Waals surface area contributed by atoms with Crippen LogP contribution in [-0.4, -0.2) is 78.2 Å². The average Bonchev–Trinajstić information content (AvgIpc) is 3.22. The molecule has 3 heterocycles. The van der Waals surface area contributed by atoms with Crippen LogP contribution in [0.2, 0.25) is 0 Å². The second-order valence-electron chi connectivity index (χ2n) is 8.37. The lowest BCUT2D eigenvalue weighted by Crippen LogP contribution is -2.51. The molecule has 4 rings (SSSR count). The summed E-state index contributed by atoms with van der Waals surface area (Å²) in [6.07, 6.45) is 6.06. The van der Waals surface area contributed by atoms with Gasteiger partial charge in [0.05, 0.1) is 12.8 Å². The first-order valence-electron chi connectivity index (χ1n) is 11.3. The molecule has 0 bridgehead atoms. The van der Waals surface area contributed by atoms with Crippen molar-refractivity contribution < 1.29 is 18.8 Å². The minimum atomic E-state index is -0.333. The number of hydrogen-bond acceptors (Lipinski definition) is 5. The van der Waals surface area contributed by atoms with Gasteiger partial charge in [-0.1, -0.05) is 12.8 Å². The smallest absolute Gasteiger partial charge is 0.291 e. The van der Waals surface area contributed by atoms with Gasteiger partial charge in [0.15, 0.2) is 5.76 Å². The summed E-state index contributed by atoms with van der Waals surface area (Å²) in [7, 11) is 0. The predicted molar refractivity (Wildman–Crippen MR) is 120 cm³/mol. The molecule has 0 unspecified atom stereocenters. The minimum Gasteiger partial charge on any atom is -0.459 e. The van der Waals surface area contributed by atoms with Gasteiger partial charge in [0.1, 0.15) is 0 Å². The Balaban J connectivity index is 1.25. The molecular weight excluding hydrogens is 408 g/mol. The van der Waals surface area contributed by atoms with Gasteiger partial charge in [-0.05, 0) is 49.2 Å². The third kappa shape index (κ3) is 5.56. The molecule has 170 valence electrons. The number of hydrogen-bond donors (Lipinski definition) is 1. The van der Waals surface area contributed by atoms with Gasteiger partial charge < -0.3 is 19.5 Å². The lowest BCUT2D eigenvalue weighted by atomic mass is 10.1. The number of likely N-dealkylation sites (tertiary alicyclic amines) is 1. The fourth-order valence-electron chi connectivity index (χ4n) is 4.20. The second kappa shape index (κ2) is 10.5. The standard InChI is InChI=1S/C24H30N4O4/c29-22(27-11-3-1-2-4-12-27)18-26-13-15-28(16-14-26)24(31)19-7-9-20(10-8-19)25-23(30)21-6-5-17-32-21/h5-10,17H,1-4,11-16,18H2,(H,25,30). The summed E-state index contributed by atoms with van der Waals surface area (Å²) in [5.41, 5.74) is 1.18. The number of nitrogens with one attached hydrogen (secondary N) is 1. The van der Waals surface area contributed by atoms with Crippen LogP contribution in [0.3, 0.4) is 0 Å². The molecule has 8 heteroatoms. The number of anilines is 1. The van der Waals surface area contributed by atoms with Gasteiger partial charge in [-0.25, -0.2) is 0 Å². The van der Waals surface area contributed by atoms with Crippen LogP contribution in [0.5, 0.6) is 0 Å². The molecular formula is C24H30N4O4. The molecule has 2 fully saturated rings. The van der Waals surface area contributed by atoms with Gasteiger partial charge in [-0.2, -0.15) is 0 Å². The maximum Gasteiger partial charge on any atom is 0.291 e. The number of carbonyl (C=O) groups excluding carboxylic acids is 3. The van der Waals surface area contributed by atoms with Gasteiger partial charge in [0.25, 0.3) is 11.8 Å². The van der Waals surface area contributed by atoms with Crippen LogP contribution in [0.4, 0.5) is 5.69 Å². The van der Waals surface area contributed by atoms with Crippen molar-refractivity contribution in [3.05, 3.63) is 54.0 Å². The van der Waals surface area contributed by atoms with E-state index < -0.39 is 0 Å². The molecule has 1 aromatic heterocycles. The highest BCUT2D eigenvalue weighted by molar-refractivity contribution is 6.02. The molecule has 0 saturated carbocycles. The number of piperazine rings is 1. The number of amides is 3. The monoisotopic (exact) mass is 438 g/mol. The fourth-order valence-corrected chi connectivity index (χ4v) is 4.20. The number of nitrogens with zero attached hydrogens (tertiary/aromatic N) is 3. The first-order valence-corrected chi connectivity index (χ1v) is 11.3. The van der Waals surface area contributed by atoms with Crippen molar-refractivity contribution in [1.29, 1.82) is 0 Å². The van der Waals surface area contributed by atoms with Crippen LogP contribution in [0.1, 0.15) is 46.6 Å². The molecule has 0 aliphatic carbocycles. The Morgan fingerprint density at radius 2 is 1.50 bits per heavy atom. The highest BCUT2D eigenvalue weighted by atomic mass is 16.3. The third-order valence-electron chi connectivity index (χ3n) is 6.11. The topological polar surface area (TPSA) is 86.1 Å². The van der Waals surface area contributed by atoms with Gasteiger partial charge in [0, 0.05) is 50.5 Å². The summed E-state index contributed by atoms with van der Waals surface area (Å²) in [6, 6.07) is 10.1. The van der Waals surface area contributed by atoms with Crippen LogP contribution in [0.15, 0.2) is 47.1 Å². The van der Waals surface area contributed by atoms with E-state index in [9.17, 15) is 14.4 Å². The van der Waals surface area contributed by atoms with Gasteiger partial charge in [-0.15, -0.1) is 0 Å². The summed E-state index contributed by atoms with van der Waals surface area (Å²) in [5.74, 6) is 0.0727. The molecule has 1 N–H and O–H groups in total. The average molecular weight is 439 g/mol. The van der Waals surface area contributed by atoms with E-state index in [1.165, 1.54) is 19.1 Å². The molecule has 2 aromatic rings. The largest absolute Gasteiger partial charge is 0.459 e. The molecule has 2 saturated heterocycles. The number of carbonyl (C=O) groups is 3. The second-order valence-corrected chi connectivity index (χ2v) is 8.37. The molecule has 32 heavy (non-hydrogen) atoms. The van der Waals surface area contributed by atoms with Crippen molar-refractivity contribution in [3.63, 3.8) is 0 Å². The van der Waals surface area contributed by atoms with E-state index >= 15 is 0 Å². The molecule has 0 radical (unpaired) electrons. The van der Waals surface area contributed by atoms with Gasteiger partial charge in [0.2, 0.25) is 5.91 Å². The summed E-state index contributed by atoms with van der Waals surface area (Å²) < 4.78 is 5.08. The predicted octanol–water partition coefficient (Wildman–Crippen LogP) is 2.69. The van der Waals surface area contributed by atoms with Crippen molar-refractivity contribution in [2.75, 3.05) is 51.1 Å². The lowest BCUT2D eigenvalue weighted by Gasteiger charge is -2.35. The highest BCUT2D eigenvalue weighted by Crippen LogP contribution is 2.15. The van der Waals surface area contributed by atoms with Crippen LogP contribution in [-0.2, 0) is 4.79 Å². The first kappa shape index (κ1) is 22.1. The zero-order chi connectivity index (χ0) is 22.3. The number of benzene rings is 1. The van der Waals surface area contributed by atoms with Crippen molar-refractivity contribution in [1.82, 2.24) is 14.7 Å². The Bertz CT molecular complexity index is 910. The van der Waals surface area contributed by atoms with E-state index in [0.29, 0.717) is 44.0 Å². The Labute approximate surface area is 188 Å². The van der Waals surface area contributed by atoms with E-state index in [2.05, 4.69) is 10.2 Å². The molecule has 3 amide bonds. The maximum absolute atomic E-state index is 12.9. The van der Waals surface area contributed by atoms with E-state index in [4.69, 9.17) is 4.42 Å². The van der Waals surface area contributed by atoms with E-state index in [1.807, 2.05) is 9.80 Å². The molecule has 1 aromatic carbocycles. The van der Waals surface area contributed by atoms with Gasteiger partial charge in [-0.3, -0.25) is 19.3 Å². The fraction of sp³-hybridized carbons (Fsp3) is 0.458. The Kier molecular flexibility index (Phi) is 7.21. The summed E-state index contributed by atoms with van der Waals surface area (Å²) in [4.78, 5) is 43.5. The highest BCUT2D eigenvalue weighted by Gasteiger charge is 2.25. The van der Waals surface area contributed by atoms with Crippen LogP contribution in [0, 0.1) is 0 Å². The molecule has 0 spiro atoms. The van der Waals surface area contributed by atoms with Crippen LogP contribution >= 0.6 is 0 Å². The Hall–Kier alpha value is -3.13. The van der Waals surface area contributed by atoms with Crippen molar-refractivity contribution in [3.8, 4) is 0 Å². The zero-order valence-corrected chi connectivity index (χ0v) is 18.3. The number of furan rings is 1. The van der Waals surface area contributed by atoms with Crippen molar-refractivity contribution >= 4 is 23.4 Å². The molecule has 8 nitrogen and oxygen atoms in total. The first-order chi connectivity index (χ1) is 15.6. The molecule has 2 aliphatic heterocycles. The third-order valence-corrected chi connectivity index (χ3v) is 6.11. The van der Waals surface area contributed by atoms with Crippen molar-refractivity contribution in [2.24, 2.45) is 0 Å². The van der Waals surface area contributed by atoms with Crippen LogP contribution < -0.4 is 5.32 Å². The zero-order valence-electron chi connectivity index (χ0n) is 18.3. The minimum absolute atomic E-state index is 0.0348. The molecule has 0 atom stereocenters. The number of rotatable bonds is 5. The summed E-state index contributed by atoms with van der Waals surface area (Å²) in [5, 5.41) is 2.74. The van der Waals surface area contributed by atoms with E-state index in [0.717, 1.165) is 25.9 Å². The van der Waals surface area contributed by atoms with Crippen LogP contribution in [0.25, 0.3) is 0 Å². The maximum atomic E-state index is 12.9. The Morgan fingerprint density at radius 3 is 2.12 bits per heavy atom. The van der Waals surface area contributed by atoms with E-state index in [1.54, 1.807) is 36.4 Å².